The molecule has 0 aliphatic carbocycles. The van der Waals surface area contributed by atoms with E-state index in [1.165, 1.54) is 0 Å². The van der Waals surface area contributed by atoms with E-state index in [2.05, 4.69) is 10.2 Å². The summed E-state index contributed by atoms with van der Waals surface area (Å²) in [6, 6.07) is 7.83. The molecule has 3 rings (SSSR count). The van der Waals surface area contributed by atoms with Gasteiger partial charge in [0.15, 0.2) is 0 Å². The fraction of sp³-hybridized carbons (Fsp3) is 0.625. The lowest BCUT2D eigenvalue weighted by Crippen LogP contribution is -2.49. The number of nitrogens with zero attached hydrogens (tertiary/aromatic N) is 3. The molecule has 0 bridgehead atoms. The number of likely N-dealkylation sites (tertiary alicyclic amines) is 1. The highest BCUT2D eigenvalue weighted by Crippen LogP contribution is 2.21. The van der Waals surface area contributed by atoms with Crippen LogP contribution in [0.15, 0.2) is 24.3 Å². The number of carbonyl (C=O) groups excluding carboxylic acids is 3. The number of piperidine rings is 1. The van der Waals surface area contributed by atoms with Crippen molar-refractivity contribution in [1.29, 1.82) is 0 Å². The molecule has 0 radical (unpaired) electrons. The molecule has 2 saturated heterocycles. The van der Waals surface area contributed by atoms with Gasteiger partial charge in [0.25, 0.3) is 0 Å². The lowest BCUT2D eigenvalue weighted by Gasteiger charge is -2.36. The molecule has 9 heteroatoms. The summed E-state index contributed by atoms with van der Waals surface area (Å²) in [5, 5.41) is 3.77. The van der Waals surface area contributed by atoms with Crippen LogP contribution in [0.3, 0.4) is 0 Å². The number of benzene rings is 1. The predicted molar refractivity (Wildman–Crippen MR) is 128 cm³/mol. The van der Waals surface area contributed by atoms with Crippen LogP contribution in [0.4, 0.5) is 10.5 Å². The van der Waals surface area contributed by atoms with E-state index in [-0.39, 0.29) is 29.9 Å². The average molecular weight is 479 g/mol. The Hall–Kier alpha value is -2.48. The first-order chi connectivity index (χ1) is 15.9. The SMILES string of the molecule is CCOC(=O)N1CCC(NC(=O)C[C@@H](C)CC(=O)N2CCN(c3cccc(Cl)c3)CC2)CC1. The predicted octanol–water partition coefficient (Wildman–Crippen LogP) is 3.14. The first-order valence-corrected chi connectivity index (χ1v) is 12.2. The quantitative estimate of drug-likeness (QED) is 0.651. The maximum absolute atomic E-state index is 12.7. The van der Waals surface area contributed by atoms with Gasteiger partial charge in [0, 0.05) is 68.9 Å². The van der Waals surface area contributed by atoms with E-state index in [1.54, 1.807) is 11.8 Å². The van der Waals surface area contributed by atoms with Crippen LogP contribution in [-0.4, -0.2) is 79.6 Å². The highest BCUT2D eigenvalue weighted by molar-refractivity contribution is 6.30. The van der Waals surface area contributed by atoms with Crippen molar-refractivity contribution >= 4 is 35.2 Å². The van der Waals surface area contributed by atoms with Gasteiger partial charge in [-0.05, 0) is 43.9 Å². The van der Waals surface area contributed by atoms with Crippen molar-refractivity contribution in [3.8, 4) is 0 Å². The zero-order valence-corrected chi connectivity index (χ0v) is 20.4. The molecule has 33 heavy (non-hydrogen) atoms. The minimum Gasteiger partial charge on any atom is -0.450 e. The molecule has 0 saturated carbocycles. The Balaban J connectivity index is 1.35. The zero-order valence-electron chi connectivity index (χ0n) is 19.6. The summed E-state index contributed by atoms with van der Waals surface area (Å²) in [5.74, 6) is 0.0440. The average Bonchev–Trinajstić information content (AvgIpc) is 2.79. The molecule has 2 fully saturated rings. The van der Waals surface area contributed by atoms with Gasteiger partial charge < -0.3 is 24.8 Å². The Morgan fingerprint density at radius 2 is 1.76 bits per heavy atom. The van der Waals surface area contributed by atoms with Crippen molar-refractivity contribution in [1.82, 2.24) is 15.1 Å². The van der Waals surface area contributed by atoms with Crippen molar-refractivity contribution in [2.45, 2.75) is 45.6 Å². The second kappa shape index (κ2) is 12.1. The lowest BCUT2D eigenvalue weighted by atomic mass is 10.0. The molecule has 2 heterocycles. The Kier molecular flexibility index (Phi) is 9.23. The van der Waals surface area contributed by atoms with E-state index >= 15 is 0 Å². The summed E-state index contributed by atoms with van der Waals surface area (Å²) < 4.78 is 5.03. The van der Waals surface area contributed by atoms with Crippen LogP contribution < -0.4 is 10.2 Å². The van der Waals surface area contributed by atoms with Gasteiger partial charge >= 0.3 is 6.09 Å². The molecular weight excluding hydrogens is 444 g/mol. The molecule has 0 aromatic heterocycles. The molecule has 1 aromatic rings. The minimum atomic E-state index is -0.289. The van der Waals surface area contributed by atoms with Crippen LogP contribution in [0.25, 0.3) is 0 Å². The molecule has 2 aliphatic rings. The lowest BCUT2D eigenvalue weighted by molar-refractivity contribution is -0.132. The molecule has 8 nitrogen and oxygen atoms in total. The standard InChI is InChI=1S/C24H35ClN4O4/c1-3-33-24(32)29-9-7-20(8-10-29)26-22(30)15-18(2)16-23(31)28-13-11-27(12-14-28)21-6-4-5-19(25)17-21/h4-6,17-18,20H,3,7-16H2,1-2H3,(H,26,30)/t18-/m1/s1. The Labute approximate surface area is 201 Å². The molecular formula is C24H35ClN4O4. The van der Waals surface area contributed by atoms with E-state index in [9.17, 15) is 14.4 Å². The van der Waals surface area contributed by atoms with Gasteiger partial charge in [0.1, 0.15) is 0 Å². The molecule has 0 unspecified atom stereocenters. The highest BCUT2D eigenvalue weighted by atomic mass is 35.5. The number of ether oxygens (including phenoxy) is 1. The maximum atomic E-state index is 12.7. The van der Waals surface area contributed by atoms with Crippen LogP contribution in [0.1, 0.15) is 39.5 Å². The molecule has 1 aromatic carbocycles. The normalized spacial score (nSPS) is 18.1. The highest BCUT2D eigenvalue weighted by Gasteiger charge is 2.26. The van der Waals surface area contributed by atoms with Crippen LogP contribution >= 0.6 is 11.6 Å². The van der Waals surface area contributed by atoms with E-state index in [4.69, 9.17) is 16.3 Å². The molecule has 2 aliphatic heterocycles. The Morgan fingerprint density at radius 3 is 2.39 bits per heavy atom. The van der Waals surface area contributed by atoms with Crippen molar-refractivity contribution in [3.63, 3.8) is 0 Å². The fourth-order valence-corrected chi connectivity index (χ4v) is 4.60. The van der Waals surface area contributed by atoms with E-state index in [1.807, 2.05) is 36.1 Å². The zero-order chi connectivity index (χ0) is 23.8. The number of carbonyl (C=O) groups is 3. The van der Waals surface area contributed by atoms with Gasteiger partial charge in [-0.15, -0.1) is 0 Å². The van der Waals surface area contributed by atoms with Gasteiger partial charge in [-0.25, -0.2) is 4.79 Å². The first kappa shape index (κ1) is 25.1. The Bertz CT molecular complexity index is 820. The van der Waals surface area contributed by atoms with Gasteiger partial charge in [-0.2, -0.15) is 0 Å². The fourth-order valence-electron chi connectivity index (χ4n) is 4.41. The number of halogens is 1. The summed E-state index contributed by atoms with van der Waals surface area (Å²) in [4.78, 5) is 42.8. The monoisotopic (exact) mass is 478 g/mol. The summed E-state index contributed by atoms with van der Waals surface area (Å²) in [5.41, 5.74) is 1.08. The molecule has 1 N–H and O–H groups in total. The van der Waals surface area contributed by atoms with Crippen LogP contribution in [0.2, 0.25) is 5.02 Å². The van der Waals surface area contributed by atoms with Gasteiger partial charge in [-0.1, -0.05) is 24.6 Å². The summed E-state index contributed by atoms with van der Waals surface area (Å²) in [6.45, 7) is 8.14. The summed E-state index contributed by atoms with van der Waals surface area (Å²) >= 11 is 6.09. The van der Waals surface area contributed by atoms with Crippen LogP contribution in [0, 0.1) is 5.92 Å². The van der Waals surface area contributed by atoms with Crippen molar-refractivity contribution in [3.05, 3.63) is 29.3 Å². The number of hydrogen-bond acceptors (Lipinski definition) is 5. The van der Waals surface area contributed by atoms with Gasteiger partial charge in [0.05, 0.1) is 6.61 Å². The third kappa shape index (κ3) is 7.52. The molecule has 182 valence electrons. The summed E-state index contributed by atoms with van der Waals surface area (Å²) in [7, 11) is 0. The smallest absolute Gasteiger partial charge is 0.409 e. The third-order valence-corrected chi connectivity index (χ3v) is 6.48. The second-order valence-corrected chi connectivity index (χ2v) is 9.33. The van der Waals surface area contributed by atoms with Crippen LogP contribution in [-0.2, 0) is 14.3 Å². The van der Waals surface area contributed by atoms with E-state index in [0.717, 1.165) is 31.6 Å². The van der Waals surface area contributed by atoms with Crippen molar-refractivity contribution < 1.29 is 19.1 Å². The molecule has 1 atom stereocenters. The van der Waals surface area contributed by atoms with Crippen molar-refractivity contribution in [2.24, 2.45) is 5.92 Å². The number of amides is 3. The number of piperazine rings is 1. The van der Waals surface area contributed by atoms with Gasteiger partial charge in [-0.3, -0.25) is 9.59 Å². The molecule has 3 amide bonds. The van der Waals surface area contributed by atoms with Crippen molar-refractivity contribution in [2.75, 3.05) is 50.8 Å². The van der Waals surface area contributed by atoms with Crippen LogP contribution in [0.5, 0.6) is 0 Å². The number of anilines is 1. The van der Waals surface area contributed by atoms with Gasteiger partial charge in [0.2, 0.25) is 11.8 Å². The topological polar surface area (TPSA) is 82.2 Å². The largest absolute Gasteiger partial charge is 0.450 e. The summed E-state index contributed by atoms with van der Waals surface area (Å²) in [6.07, 6.45) is 1.84. The minimum absolute atomic E-state index is 0.0249. The Morgan fingerprint density at radius 1 is 1.06 bits per heavy atom. The third-order valence-electron chi connectivity index (χ3n) is 6.25. The van der Waals surface area contributed by atoms with E-state index < -0.39 is 0 Å². The van der Waals surface area contributed by atoms with E-state index in [0.29, 0.717) is 50.7 Å². The number of hydrogen-bond donors (Lipinski definition) is 1. The number of rotatable bonds is 7. The maximum Gasteiger partial charge on any atom is 0.409 e. The first-order valence-electron chi connectivity index (χ1n) is 11.8. The second-order valence-electron chi connectivity index (χ2n) is 8.89. The number of nitrogens with one attached hydrogen (secondary N) is 1. The molecule has 0 spiro atoms.